The van der Waals surface area contributed by atoms with Crippen LogP contribution in [-0.2, 0) is 0 Å². The Morgan fingerprint density at radius 1 is 1.00 bits per heavy atom. The summed E-state index contributed by atoms with van der Waals surface area (Å²) in [5, 5.41) is 3.70. The fourth-order valence-electron chi connectivity index (χ4n) is 3.00. The van der Waals surface area contributed by atoms with Crippen molar-refractivity contribution < 1.29 is 4.39 Å². The van der Waals surface area contributed by atoms with Crippen LogP contribution in [0, 0.1) is 11.7 Å². The van der Waals surface area contributed by atoms with Gasteiger partial charge in [-0.15, -0.1) is 0 Å². The van der Waals surface area contributed by atoms with Crippen molar-refractivity contribution in [3.8, 4) is 0 Å². The molecule has 0 aliphatic heterocycles. The molecule has 21 heavy (non-hydrogen) atoms. The molecule has 2 rings (SSSR count). The van der Waals surface area contributed by atoms with Gasteiger partial charge in [0, 0.05) is 6.04 Å². The van der Waals surface area contributed by atoms with Crippen LogP contribution >= 0.6 is 0 Å². The van der Waals surface area contributed by atoms with E-state index in [0.717, 1.165) is 12.5 Å². The van der Waals surface area contributed by atoms with Gasteiger partial charge in [0.25, 0.3) is 0 Å². The Morgan fingerprint density at radius 3 is 2.24 bits per heavy atom. The minimum Gasteiger partial charge on any atom is -0.310 e. The zero-order valence-electron chi connectivity index (χ0n) is 13.4. The van der Waals surface area contributed by atoms with Gasteiger partial charge >= 0.3 is 0 Å². The summed E-state index contributed by atoms with van der Waals surface area (Å²) in [4.78, 5) is 0. The van der Waals surface area contributed by atoms with E-state index >= 15 is 0 Å². The van der Waals surface area contributed by atoms with E-state index in [1.807, 2.05) is 12.1 Å². The predicted octanol–water partition coefficient (Wildman–Crippen LogP) is 5.62. The smallest absolute Gasteiger partial charge is 0.123 e. The summed E-state index contributed by atoms with van der Waals surface area (Å²) in [6, 6.07) is 7.48. The zero-order valence-corrected chi connectivity index (χ0v) is 13.4. The minimum atomic E-state index is -0.139. The van der Waals surface area contributed by atoms with Gasteiger partial charge in [0.2, 0.25) is 0 Å². The molecule has 0 radical (unpaired) electrons. The van der Waals surface area contributed by atoms with Crippen molar-refractivity contribution in [1.82, 2.24) is 5.32 Å². The first-order valence-electron chi connectivity index (χ1n) is 8.80. The lowest BCUT2D eigenvalue weighted by Gasteiger charge is -2.19. The van der Waals surface area contributed by atoms with Crippen LogP contribution in [0.2, 0.25) is 0 Å². The molecule has 0 aromatic heterocycles. The van der Waals surface area contributed by atoms with Gasteiger partial charge < -0.3 is 5.32 Å². The summed E-state index contributed by atoms with van der Waals surface area (Å²) >= 11 is 0. The molecule has 1 aromatic rings. The third kappa shape index (κ3) is 6.17. The summed E-state index contributed by atoms with van der Waals surface area (Å²) in [7, 11) is 0. The van der Waals surface area contributed by atoms with Gasteiger partial charge in [-0.1, -0.05) is 57.6 Å². The summed E-state index contributed by atoms with van der Waals surface area (Å²) in [5.74, 6) is 0.625. The number of hydrogen-bond donors (Lipinski definition) is 1. The van der Waals surface area contributed by atoms with Crippen LogP contribution < -0.4 is 5.32 Å². The molecule has 1 atom stereocenters. The summed E-state index contributed by atoms with van der Waals surface area (Å²) in [6.45, 7) is 3.35. The van der Waals surface area contributed by atoms with Gasteiger partial charge in [0.15, 0.2) is 0 Å². The van der Waals surface area contributed by atoms with Gasteiger partial charge in [0.1, 0.15) is 5.82 Å². The third-order valence-electron chi connectivity index (χ3n) is 4.47. The molecule has 0 unspecified atom stereocenters. The van der Waals surface area contributed by atoms with Gasteiger partial charge in [-0.05, 0) is 49.4 Å². The minimum absolute atomic E-state index is 0.139. The number of hydrogen-bond acceptors (Lipinski definition) is 1. The van der Waals surface area contributed by atoms with Crippen LogP contribution in [0.25, 0.3) is 0 Å². The standard InChI is InChI=1S/C19H30FN/c1-2-3-4-5-6-7-8-15-21-19(16-9-10-16)17-11-13-18(20)14-12-17/h11-14,16,19,21H,2-10,15H2,1H3/t19-/m0/s1. The summed E-state index contributed by atoms with van der Waals surface area (Å²) < 4.78 is 13.0. The SMILES string of the molecule is CCCCCCCCCN[C@H](c1ccc(F)cc1)C1CC1. The van der Waals surface area contributed by atoms with E-state index in [9.17, 15) is 4.39 Å². The molecule has 1 fully saturated rings. The maximum absolute atomic E-state index is 13.0. The molecular weight excluding hydrogens is 261 g/mol. The first-order valence-corrected chi connectivity index (χ1v) is 8.80. The number of halogens is 1. The van der Waals surface area contributed by atoms with Crippen LogP contribution in [0.15, 0.2) is 24.3 Å². The molecule has 1 N–H and O–H groups in total. The second kappa shape index (κ2) is 9.19. The lowest BCUT2D eigenvalue weighted by atomic mass is 10.0. The molecule has 0 spiro atoms. The van der Waals surface area contributed by atoms with Gasteiger partial charge in [-0.25, -0.2) is 4.39 Å². The van der Waals surface area contributed by atoms with Crippen LogP contribution in [0.1, 0.15) is 76.3 Å². The topological polar surface area (TPSA) is 12.0 Å². The maximum Gasteiger partial charge on any atom is 0.123 e. The molecule has 0 bridgehead atoms. The largest absolute Gasteiger partial charge is 0.310 e. The fraction of sp³-hybridized carbons (Fsp3) is 0.684. The van der Waals surface area contributed by atoms with Gasteiger partial charge in [0.05, 0.1) is 0 Å². The molecule has 1 nitrogen and oxygen atoms in total. The Kier molecular flexibility index (Phi) is 7.21. The Balaban J connectivity index is 1.64. The molecule has 0 saturated heterocycles. The fourth-order valence-corrected chi connectivity index (χ4v) is 3.00. The van der Waals surface area contributed by atoms with E-state index in [1.165, 1.54) is 63.4 Å². The number of rotatable bonds is 11. The average Bonchev–Trinajstić information content (AvgIpc) is 3.32. The number of nitrogens with one attached hydrogen (secondary N) is 1. The Bertz CT molecular complexity index is 383. The highest BCUT2D eigenvalue weighted by molar-refractivity contribution is 5.21. The lowest BCUT2D eigenvalue weighted by molar-refractivity contribution is 0.462. The zero-order chi connectivity index (χ0) is 14.9. The normalized spacial score (nSPS) is 16.1. The molecule has 2 heteroatoms. The maximum atomic E-state index is 13.0. The molecule has 1 aromatic carbocycles. The van der Waals surface area contributed by atoms with Crippen molar-refractivity contribution >= 4 is 0 Å². The highest BCUT2D eigenvalue weighted by Crippen LogP contribution is 2.40. The number of unbranched alkanes of at least 4 members (excludes halogenated alkanes) is 6. The van der Waals surface area contributed by atoms with Crippen molar-refractivity contribution in [2.24, 2.45) is 5.92 Å². The van der Waals surface area contributed by atoms with Crippen LogP contribution in [-0.4, -0.2) is 6.54 Å². The van der Waals surface area contributed by atoms with E-state index in [0.29, 0.717) is 6.04 Å². The Labute approximate surface area is 129 Å². The van der Waals surface area contributed by atoms with E-state index in [4.69, 9.17) is 0 Å². The molecule has 0 amide bonds. The van der Waals surface area contributed by atoms with Crippen LogP contribution in [0.3, 0.4) is 0 Å². The van der Waals surface area contributed by atoms with Crippen molar-refractivity contribution in [3.63, 3.8) is 0 Å². The third-order valence-corrected chi connectivity index (χ3v) is 4.47. The van der Waals surface area contributed by atoms with Crippen molar-refractivity contribution in [1.29, 1.82) is 0 Å². The Hall–Kier alpha value is -0.890. The van der Waals surface area contributed by atoms with Crippen molar-refractivity contribution in [3.05, 3.63) is 35.6 Å². The highest BCUT2D eigenvalue weighted by Gasteiger charge is 2.31. The second-order valence-electron chi connectivity index (χ2n) is 6.44. The number of benzene rings is 1. The predicted molar refractivity (Wildman–Crippen MR) is 87.9 cm³/mol. The monoisotopic (exact) mass is 291 g/mol. The van der Waals surface area contributed by atoms with Crippen LogP contribution in [0.4, 0.5) is 4.39 Å². The lowest BCUT2D eigenvalue weighted by Crippen LogP contribution is -2.24. The molecule has 1 saturated carbocycles. The van der Waals surface area contributed by atoms with Gasteiger partial charge in [-0.3, -0.25) is 0 Å². The van der Waals surface area contributed by atoms with E-state index < -0.39 is 0 Å². The molecule has 1 aliphatic carbocycles. The first kappa shape index (κ1) is 16.5. The molecular formula is C19H30FN. The summed E-state index contributed by atoms with van der Waals surface area (Å²) in [5.41, 5.74) is 1.25. The van der Waals surface area contributed by atoms with E-state index in [2.05, 4.69) is 12.2 Å². The molecule has 118 valence electrons. The first-order chi connectivity index (χ1) is 10.3. The quantitative estimate of drug-likeness (QED) is 0.522. The average molecular weight is 291 g/mol. The Morgan fingerprint density at radius 2 is 1.62 bits per heavy atom. The van der Waals surface area contributed by atoms with Gasteiger partial charge in [-0.2, -0.15) is 0 Å². The van der Waals surface area contributed by atoms with E-state index in [-0.39, 0.29) is 5.82 Å². The molecule has 1 aliphatic rings. The summed E-state index contributed by atoms with van der Waals surface area (Å²) in [6.07, 6.45) is 12.1. The van der Waals surface area contributed by atoms with E-state index in [1.54, 1.807) is 12.1 Å². The van der Waals surface area contributed by atoms with Crippen LogP contribution in [0.5, 0.6) is 0 Å². The molecule has 0 heterocycles. The highest BCUT2D eigenvalue weighted by atomic mass is 19.1. The van der Waals surface area contributed by atoms with Crippen molar-refractivity contribution in [2.75, 3.05) is 6.54 Å². The van der Waals surface area contributed by atoms with Crippen molar-refractivity contribution in [2.45, 2.75) is 70.8 Å². The second-order valence-corrected chi connectivity index (χ2v) is 6.44.